The van der Waals surface area contributed by atoms with Crippen LogP contribution in [0.4, 0.5) is 10.1 Å². The smallest absolute Gasteiger partial charge is 0.338 e. The van der Waals surface area contributed by atoms with E-state index in [-0.39, 0.29) is 11.7 Å². The Labute approximate surface area is 196 Å². The minimum Gasteiger partial charge on any atom is -0.462 e. The lowest BCUT2D eigenvalue weighted by Gasteiger charge is -2.04. The van der Waals surface area contributed by atoms with Gasteiger partial charge in [-0.25, -0.2) is 13.9 Å². The third-order valence-corrected chi connectivity index (χ3v) is 4.96. The van der Waals surface area contributed by atoms with Gasteiger partial charge in [0, 0.05) is 29.1 Å². The first-order valence-electron chi connectivity index (χ1n) is 10.7. The Kier molecular flexibility index (Phi) is 6.93. The molecule has 1 aromatic heterocycles. The predicted octanol–water partition coefficient (Wildman–Crippen LogP) is 5.51. The molecular formula is C27H22FN3O3. The lowest BCUT2D eigenvalue weighted by atomic mass is 10.1. The van der Waals surface area contributed by atoms with Crippen LogP contribution in [0.1, 0.15) is 22.8 Å². The number of amides is 1. The first-order valence-corrected chi connectivity index (χ1v) is 10.7. The average Bonchev–Trinajstić information content (AvgIpc) is 3.29. The Bertz CT molecular complexity index is 1310. The molecule has 1 amide bonds. The summed E-state index contributed by atoms with van der Waals surface area (Å²) in [4.78, 5) is 24.3. The molecule has 170 valence electrons. The molecule has 0 saturated heterocycles. The van der Waals surface area contributed by atoms with Crippen LogP contribution in [0.3, 0.4) is 0 Å². The van der Waals surface area contributed by atoms with Gasteiger partial charge in [-0.1, -0.05) is 18.2 Å². The van der Waals surface area contributed by atoms with Crippen LogP contribution in [0.5, 0.6) is 0 Å². The fourth-order valence-corrected chi connectivity index (χ4v) is 3.31. The second-order valence-electron chi connectivity index (χ2n) is 7.34. The van der Waals surface area contributed by atoms with Crippen molar-refractivity contribution in [2.24, 2.45) is 0 Å². The predicted molar refractivity (Wildman–Crippen MR) is 129 cm³/mol. The topological polar surface area (TPSA) is 73.2 Å². The van der Waals surface area contributed by atoms with Crippen molar-refractivity contribution in [2.45, 2.75) is 6.92 Å². The SMILES string of the molecule is CCOC(=O)c1ccc(NC(=O)/C=C/c2cn(-c3ccccc3)nc2-c2ccc(F)cc2)cc1. The second kappa shape index (κ2) is 10.4. The van der Waals surface area contributed by atoms with E-state index in [1.165, 1.54) is 18.2 Å². The Morgan fingerprint density at radius 2 is 1.71 bits per heavy atom. The average molecular weight is 455 g/mol. The van der Waals surface area contributed by atoms with Crippen LogP contribution < -0.4 is 5.32 Å². The molecule has 0 aliphatic rings. The molecule has 0 saturated carbocycles. The van der Waals surface area contributed by atoms with Crippen LogP contribution in [0, 0.1) is 5.82 Å². The van der Waals surface area contributed by atoms with Gasteiger partial charge < -0.3 is 10.1 Å². The number of ether oxygens (including phenoxy) is 1. The quantitative estimate of drug-likeness (QED) is 0.295. The van der Waals surface area contributed by atoms with Gasteiger partial charge in [0.2, 0.25) is 5.91 Å². The number of para-hydroxylation sites is 1. The molecule has 0 aliphatic carbocycles. The van der Waals surface area contributed by atoms with Crippen LogP contribution >= 0.6 is 0 Å². The molecule has 4 aromatic rings. The minimum absolute atomic E-state index is 0.295. The summed E-state index contributed by atoms with van der Waals surface area (Å²) in [6.07, 6.45) is 4.87. The van der Waals surface area contributed by atoms with Crippen LogP contribution in [0.15, 0.2) is 91.1 Å². The zero-order valence-corrected chi connectivity index (χ0v) is 18.4. The Morgan fingerprint density at radius 3 is 2.38 bits per heavy atom. The van der Waals surface area contributed by atoms with E-state index in [4.69, 9.17) is 4.74 Å². The minimum atomic E-state index is -0.413. The number of rotatable bonds is 7. The van der Waals surface area contributed by atoms with Crippen LogP contribution in [-0.4, -0.2) is 28.3 Å². The highest BCUT2D eigenvalue weighted by molar-refractivity contribution is 6.02. The van der Waals surface area contributed by atoms with Crippen LogP contribution in [0.2, 0.25) is 0 Å². The molecule has 0 bridgehead atoms. The maximum atomic E-state index is 13.4. The molecule has 34 heavy (non-hydrogen) atoms. The maximum absolute atomic E-state index is 13.4. The van der Waals surface area contributed by atoms with Crippen molar-refractivity contribution in [1.29, 1.82) is 0 Å². The van der Waals surface area contributed by atoms with Crippen molar-refractivity contribution >= 4 is 23.6 Å². The number of aromatic nitrogens is 2. The van der Waals surface area contributed by atoms with Crippen molar-refractivity contribution < 1.29 is 18.7 Å². The molecule has 0 fully saturated rings. The van der Waals surface area contributed by atoms with E-state index in [1.807, 2.05) is 36.5 Å². The number of esters is 1. The third-order valence-electron chi connectivity index (χ3n) is 4.96. The summed E-state index contributed by atoms with van der Waals surface area (Å²) in [5, 5.41) is 7.41. The highest BCUT2D eigenvalue weighted by Gasteiger charge is 2.12. The fraction of sp³-hybridized carbons (Fsp3) is 0.0741. The van der Waals surface area contributed by atoms with Crippen molar-refractivity contribution in [2.75, 3.05) is 11.9 Å². The molecule has 3 aromatic carbocycles. The van der Waals surface area contributed by atoms with Crippen molar-refractivity contribution in [3.05, 3.63) is 108 Å². The molecule has 0 aliphatic heterocycles. The van der Waals surface area contributed by atoms with E-state index in [2.05, 4.69) is 10.4 Å². The first-order chi connectivity index (χ1) is 16.5. The summed E-state index contributed by atoms with van der Waals surface area (Å²) < 4.78 is 20.1. The van der Waals surface area contributed by atoms with Gasteiger partial charge in [0.25, 0.3) is 0 Å². The molecule has 4 rings (SSSR count). The van der Waals surface area contributed by atoms with Gasteiger partial charge in [-0.05, 0) is 73.7 Å². The number of hydrogen-bond donors (Lipinski definition) is 1. The van der Waals surface area contributed by atoms with Crippen molar-refractivity contribution in [3.63, 3.8) is 0 Å². The number of carbonyl (C=O) groups is 2. The van der Waals surface area contributed by atoms with E-state index >= 15 is 0 Å². The van der Waals surface area contributed by atoms with Crippen LogP contribution in [-0.2, 0) is 9.53 Å². The van der Waals surface area contributed by atoms with Crippen LogP contribution in [0.25, 0.3) is 23.0 Å². The normalized spacial score (nSPS) is 10.9. The number of anilines is 1. The van der Waals surface area contributed by atoms with E-state index in [0.717, 1.165) is 11.3 Å². The summed E-state index contributed by atoms with van der Waals surface area (Å²) in [6, 6.07) is 22.1. The van der Waals surface area contributed by atoms with E-state index in [0.29, 0.717) is 29.1 Å². The van der Waals surface area contributed by atoms with Gasteiger partial charge in [-0.15, -0.1) is 0 Å². The van der Waals surface area contributed by atoms with Gasteiger partial charge >= 0.3 is 5.97 Å². The number of benzene rings is 3. The number of hydrogen-bond acceptors (Lipinski definition) is 4. The summed E-state index contributed by atoms with van der Waals surface area (Å²) >= 11 is 0. The second-order valence-corrected chi connectivity index (χ2v) is 7.34. The van der Waals surface area contributed by atoms with Gasteiger partial charge in [-0.3, -0.25) is 4.79 Å². The summed E-state index contributed by atoms with van der Waals surface area (Å²) in [7, 11) is 0. The van der Waals surface area contributed by atoms with E-state index < -0.39 is 5.97 Å². The van der Waals surface area contributed by atoms with Gasteiger partial charge in [0.1, 0.15) is 5.82 Å². The fourth-order valence-electron chi connectivity index (χ4n) is 3.31. The lowest BCUT2D eigenvalue weighted by molar-refractivity contribution is -0.111. The third kappa shape index (κ3) is 5.45. The molecule has 6 nitrogen and oxygen atoms in total. The lowest BCUT2D eigenvalue weighted by Crippen LogP contribution is -2.08. The monoisotopic (exact) mass is 455 g/mol. The summed E-state index contributed by atoms with van der Waals surface area (Å²) in [5.74, 6) is -1.10. The maximum Gasteiger partial charge on any atom is 0.338 e. The molecule has 0 radical (unpaired) electrons. The molecule has 0 unspecified atom stereocenters. The molecular weight excluding hydrogens is 433 g/mol. The van der Waals surface area contributed by atoms with Gasteiger partial charge in [-0.2, -0.15) is 5.10 Å². The standard InChI is InChI=1S/C27H22FN3O3/c1-2-34-27(33)20-10-15-23(16-11-20)29-25(32)17-12-21-18-31(24-6-4-3-5-7-24)30-26(21)19-8-13-22(28)14-9-19/h3-18H,2H2,1H3,(H,29,32)/b17-12+. The molecule has 0 atom stereocenters. The first kappa shape index (κ1) is 22.7. The Morgan fingerprint density at radius 1 is 1.00 bits per heavy atom. The Balaban J connectivity index is 1.55. The zero-order valence-electron chi connectivity index (χ0n) is 18.4. The van der Waals surface area contributed by atoms with Crippen molar-refractivity contribution in [1.82, 2.24) is 9.78 Å². The molecule has 1 heterocycles. The zero-order chi connectivity index (χ0) is 23.9. The summed E-state index contributed by atoms with van der Waals surface area (Å²) in [6.45, 7) is 2.03. The van der Waals surface area contributed by atoms with Gasteiger partial charge in [0.15, 0.2) is 0 Å². The molecule has 0 spiro atoms. The summed E-state index contributed by atoms with van der Waals surface area (Å²) in [5.41, 5.74) is 3.85. The van der Waals surface area contributed by atoms with Crippen molar-refractivity contribution in [3.8, 4) is 16.9 Å². The Hall–Kier alpha value is -4.52. The number of halogens is 1. The number of carbonyl (C=O) groups excluding carboxylic acids is 2. The van der Waals surface area contributed by atoms with Gasteiger partial charge in [0.05, 0.1) is 23.6 Å². The highest BCUT2D eigenvalue weighted by Crippen LogP contribution is 2.25. The number of nitrogens with one attached hydrogen (secondary N) is 1. The van der Waals surface area contributed by atoms with E-state index in [9.17, 15) is 14.0 Å². The molecule has 1 N–H and O–H groups in total. The number of nitrogens with zero attached hydrogens (tertiary/aromatic N) is 2. The van der Waals surface area contributed by atoms with E-state index in [1.54, 1.807) is 54.1 Å². The largest absolute Gasteiger partial charge is 0.462 e. The highest BCUT2D eigenvalue weighted by atomic mass is 19.1. The molecule has 7 heteroatoms.